The number of nitrogens with zero attached hydrogens (tertiary/aromatic N) is 2. The first-order valence-corrected chi connectivity index (χ1v) is 3.60. The minimum Gasteiger partial charge on any atom is -0.348 e. The molecule has 1 aromatic rings. The summed E-state index contributed by atoms with van der Waals surface area (Å²) in [4.78, 5) is 7.17. The molecule has 0 amide bonds. The number of hydrazine groups is 1. The van der Waals surface area contributed by atoms with Crippen LogP contribution in [0.4, 0.5) is 0 Å². The summed E-state index contributed by atoms with van der Waals surface area (Å²) >= 11 is 0. The Kier molecular flexibility index (Phi) is 2.62. The number of hydrogen-bond acceptors (Lipinski definition) is 3. The van der Waals surface area contributed by atoms with Crippen molar-refractivity contribution in [3.8, 4) is 0 Å². The van der Waals surface area contributed by atoms with Crippen molar-refractivity contribution in [3.63, 3.8) is 0 Å². The molecule has 11 heavy (non-hydrogen) atoms. The van der Waals surface area contributed by atoms with Gasteiger partial charge in [0.15, 0.2) is 0 Å². The molecule has 0 aliphatic carbocycles. The summed E-state index contributed by atoms with van der Waals surface area (Å²) in [5.74, 6) is 0. The Morgan fingerprint density at radius 1 is 1.64 bits per heavy atom. The van der Waals surface area contributed by atoms with E-state index in [1.165, 1.54) is 0 Å². The lowest BCUT2D eigenvalue weighted by Crippen LogP contribution is -2.29. The molecule has 0 fully saturated rings. The first kappa shape index (κ1) is 8.23. The molecule has 4 nitrogen and oxygen atoms in total. The van der Waals surface area contributed by atoms with Crippen molar-refractivity contribution in [2.75, 3.05) is 14.1 Å². The van der Waals surface area contributed by atoms with E-state index in [1.807, 2.05) is 26.0 Å². The number of hydrogen-bond donors (Lipinski definition) is 2. The van der Waals surface area contributed by atoms with Gasteiger partial charge < -0.3 is 4.98 Å². The molecule has 0 saturated carbocycles. The molecule has 0 unspecified atom stereocenters. The van der Waals surface area contributed by atoms with Crippen LogP contribution in [0.5, 0.6) is 0 Å². The molecule has 0 spiro atoms. The summed E-state index contributed by atoms with van der Waals surface area (Å²) in [6.07, 6.45) is 1.71. The topological polar surface area (TPSA) is 44.0 Å². The van der Waals surface area contributed by atoms with Gasteiger partial charge in [0, 0.05) is 19.8 Å². The van der Waals surface area contributed by atoms with Gasteiger partial charge in [-0.05, 0) is 6.92 Å². The molecule has 62 valence electrons. The van der Waals surface area contributed by atoms with Crippen LogP contribution in [0, 0.1) is 6.92 Å². The van der Waals surface area contributed by atoms with E-state index in [1.54, 1.807) is 6.33 Å². The Bertz CT molecular complexity index is 216. The minimum atomic E-state index is 0.780. The van der Waals surface area contributed by atoms with E-state index in [0.717, 1.165) is 17.9 Å². The van der Waals surface area contributed by atoms with Gasteiger partial charge in [-0.15, -0.1) is 0 Å². The molecule has 0 aromatic carbocycles. The summed E-state index contributed by atoms with van der Waals surface area (Å²) in [5, 5.41) is 1.91. The standard InChI is InChI=1S/C7H14N4/c1-6-7(9-5-8-6)4-10-11(2)3/h5,10H,4H2,1-3H3,(H,8,9). The van der Waals surface area contributed by atoms with Gasteiger partial charge in [0.05, 0.1) is 18.6 Å². The second-order valence-corrected chi connectivity index (χ2v) is 2.70. The molecule has 1 aromatic heterocycles. The maximum Gasteiger partial charge on any atom is 0.0925 e. The summed E-state index contributed by atoms with van der Waals surface area (Å²) in [6.45, 7) is 2.79. The predicted molar refractivity (Wildman–Crippen MR) is 43.9 cm³/mol. The molecule has 4 heteroatoms. The van der Waals surface area contributed by atoms with Gasteiger partial charge in [0.1, 0.15) is 0 Å². The van der Waals surface area contributed by atoms with Gasteiger partial charge >= 0.3 is 0 Å². The van der Waals surface area contributed by atoms with Gasteiger partial charge in [-0.1, -0.05) is 0 Å². The Labute approximate surface area is 66.6 Å². The smallest absolute Gasteiger partial charge is 0.0925 e. The summed E-state index contributed by atoms with van der Waals surface area (Å²) in [6, 6.07) is 0. The van der Waals surface area contributed by atoms with Gasteiger partial charge in [0.25, 0.3) is 0 Å². The lowest BCUT2D eigenvalue weighted by molar-refractivity contribution is 0.284. The maximum atomic E-state index is 4.14. The van der Waals surface area contributed by atoms with Crippen LogP contribution in [0.25, 0.3) is 0 Å². The maximum absolute atomic E-state index is 4.14. The highest BCUT2D eigenvalue weighted by molar-refractivity contribution is 5.07. The lowest BCUT2D eigenvalue weighted by Gasteiger charge is -2.10. The summed E-state index contributed by atoms with van der Waals surface area (Å²) in [7, 11) is 3.92. The van der Waals surface area contributed by atoms with Crippen molar-refractivity contribution in [2.24, 2.45) is 0 Å². The number of nitrogens with one attached hydrogen (secondary N) is 2. The van der Waals surface area contributed by atoms with E-state index in [9.17, 15) is 0 Å². The van der Waals surface area contributed by atoms with Crippen LogP contribution in [0.2, 0.25) is 0 Å². The van der Waals surface area contributed by atoms with Crippen molar-refractivity contribution in [1.29, 1.82) is 0 Å². The second kappa shape index (κ2) is 3.50. The highest BCUT2D eigenvalue weighted by Gasteiger charge is 1.99. The van der Waals surface area contributed by atoms with Crippen molar-refractivity contribution >= 4 is 0 Å². The molecular formula is C7H14N4. The fourth-order valence-electron chi connectivity index (χ4n) is 0.798. The summed E-state index contributed by atoms with van der Waals surface area (Å²) in [5.41, 5.74) is 5.33. The van der Waals surface area contributed by atoms with E-state index in [2.05, 4.69) is 15.4 Å². The minimum absolute atomic E-state index is 0.780. The molecule has 1 rings (SSSR count). The van der Waals surface area contributed by atoms with Crippen LogP contribution in [0.3, 0.4) is 0 Å². The van der Waals surface area contributed by atoms with Crippen LogP contribution in [0.1, 0.15) is 11.4 Å². The third kappa shape index (κ3) is 2.32. The van der Waals surface area contributed by atoms with Crippen molar-refractivity contribution in [2.45, 2.75) is 13.5 Å². The first-order chi connectivity index (χ1) is 5.20. The number of rotatable bonds is 3. The normalized spacial score (nSPS) is 10.9. The first-order valence-electron chi connectivity index (χ1n) is 3.60. The monoisotopic (exact) mass is 154 g/mol. The van der Waals surface area contributed by atoms with Crippen LogP contribution >= 0.6 is 0 Å². The zero-order valence-electron chi connectivity index (χ0n) is 7.18. The average molecular weight is 154 g/mol. The van der Waals surface area contributed by atoms with Crippen LogP contribution < -0.4 is 5.43 Å². The molecule has 0 saturated heterocycles. The number of H-pyrrole nitrogens is 1. The number of imidazole rings is 1. The Balaban J connectivity index is 2.44. The zero-order valence-corrected chi connectivity index (χ0v) is 7.18. The van der Waals surface area contributed by atoms with Crippen LogP contribution in [-0.2, 0) is 6.54 Å². The fraction of sp³-hybridized carbons (Fsp3) is 0.571. The summed E-state index contributed by atoms with van der Waals surface area (Å²) < 4.78 is 0. The van der Waals surface area contributed by atoms with Gasteiger partial charge in [0.2, 0.25) is 0 Å². The van der Waals surface area contributed by atoms with E-state index in [0.29, 0.717) is 0 Å². The predicted octanol–water partition coefficient (Wildman–Crippen LogP) is 0.284. The van der Waals surface area contributed by atoms with Crippen molar-refractivity contribution < 1.29 is 0 Å². The molecular weight excluding hydrogens is 140 g/mol. The molecule has 0 aliphatic heterocycles. The third-order valence-corrected chi connectivity index (χ3v) is 1.50. The lowest BCUT2D eigenvalue weighted by atomic mass is 10.3. The molecule has 0 atom stereocenters. The van der Waals surface area contributed by atoms with Crippen molar-refractivity contribution in [1.82, 2.24) is 20.4 Å². The molecule has 0 aliphatic rings. The highest BCUT2D eigenvalue weighted by atomic mass is 15.5. The van der Waals surface area contributed by atoms with E-state index in [4.69, 9.17) is 0 Å². The fourth-order valence-corrected chi connectivity index (χ4v) is 0.798. The Morgan fingerprint density at radius 3 is 2.82 bits per heavy atom. The van der Waals surface area contributed by atoms with Crippen molar-refractivity contribution in [3.05, 3.63) is 17.7 Å². The SMILES string of the molecule is Cc1[nH]cnc1CNN(C)C. The molecule has 2 N–H and O–H groups in total. The molecule has 0 radical (unpaired) electrons. The van der Waals surface area contributed by atoms with Gasteiger partial charge in [-0.25, -0.2) is 10.4 Å². The molecule has 1 heterocycles. The van der Waals surface area contributed by atoms with E-state index in [-0.39, 0.29) is 0 Å². The second-order valence-electron chi connectivity index (χ2n) is 2.70. The third-order valence-electron chi connectivity index (χ3n) is 1.50. The van der Waals surface area contributed by atoms with E-state index >= 15 is 0 Å². The van der Waals surface area contributed by atoms with Gasteiger partial charge in [-0.3, -0.25) is 5.01 Å². The average Bonchev–Trinajstić information content (AvgIpc) is 2.31. The quantitative estimate of drug-likeness (QED) is 0.615. The Hall–Kier alpha value is -0.870. The van der Waals surface area contributed by atoms with E-state index < -0.39 is 0 Å². The number of aromatic amines is 1. The largest absolute Gasteiger partial charge is 0.348 e. The number of aromatic nitrogens is 2. The Morgan fingerprint density at radius 2 is 2.36 bits per heavy atom. The van der Waals surface area contributed by atoms with Gasteiger partial charge in [-0.2, -0.15) is 0 Å². The number of aryl methyl sites for hydroxylation is 1. The molecule has 0 bridgehead atoms. The van der Waals surface area contributed by atoms with Crippen LogP contribution in [0.15, 0.2) is 6.33 Å². The zero-order chi connectivity index (χ0) is 8.27. The highest BCUT2D eigenvalue weighted by Crippen LogP contribution is 1.98. The van der Waals surface area contributed by atoms with Crippen LogP contribution in [-0.4, -0.2) is 29.1 Å².